The molecule has 21 heavy (non-hydrogen) atoms. The van der Waals surface area contributed by atoms with Gasteiger partial charge in [-0.2, -0.15) is 0 Å². The van der Waals surface area contributed by atoms with Gasteiger partial charge in [0.05, 0.1) is 6.61 Å². The van der Waals surface area contributed by atoms with E-state index in [-0.39, 0.29) is 12.6 Å². The smallest absolute Gasteiger partial charge is 0.122 e. The van der Waals surface area contributed by atoms with Crippen molar-refractivity contribution >= 4 is 0 Å². The first-order valence-corrected chi connectivity index (χ1v) is 7.42. The first kappa shape index (κ1) is 14.1. The van der Waals surface area contributed by atoms with Crippen molar-refractivity contribution in [1.82, 2.24) is 5.32 Å². The molecule has 0 radical (unpaired) electrons. The molecule has 1 aliphatic rings. The Labute approximate surface area is 125 Å². The first-order valence-electron chi connectivity index (χ1n) is 7.42. The van der Waals surface area contributed by atoms with E-state index >= 15 is 0 Å². The van der Waals surface area contributed by atoms with Gasteiger partial charge in [0, 0.05) is 12.1 Å². The minimum atomic E-state index is 0.0838. The molecule has 110 valence electrons. The highest BCUT2D eigenvalue weighted by Crippen LogP contribution is 2.25. The fraction of sp³-hybridized carbons (Fsp3) is 0.333. The molecule has 0 bridgehead atoms. The van der Waals surface area contributed by atoms with Gasteiger partial charge in [-0.15, -0.1) is 0 Å². The summed E-state index contributed by atoms with van der Waals surface area (Å²) in [4.78, 5) is 0. The van der Waals surface area contributed by atoms with Crippen molar-refractivity contribution in [2.24, 2.45) is 0 Å². The Morgan fingerprint density at radius 1 is 1.24 bits per heavy atom. The first-order chi connectivity index (χ1) is 10.3. The summed E-state index contributed by atoms with van der Waals surface area (Å²) in [6, 6.07) is 16.8. The lowest BCUT2D eigenvalue weighted by atomic mass is 10.00. The van der Waals surface area contributed by atoms with Crippen LogP contribution in [0.1, 0.15) is 29.7 Å². The largest absolute Gasteiger partial charge is 0.492 e. The highest BCUT2D eigenvalue weighted by molar-refractivity contribution is 5.35. The molecule has 3 rings (SSSR count). The maximum absolute atomic E-state index is 9.23. The fourth-order valence-electron chi connectivity index (χ4n) is 2.85. The van der Waals surface area contributed by atoms with E-state index in [0.717, 1.165) is 17.7 Å². The standard InChI is InChI=1S/C18H21NO2/c1-13(15-7-4-5-14(9-15)11-20)19-17-10-16-6-2-3-8-18(16)21-12-17/h2-9,13,17,19-20H,10-12H2,1H3/t13-,17-/m0/s1. The number of aliphatic hydroxyl groups is 1. The van der Waals surface area contributed by atoms with Crippen molar-refractivity contribution in [3.8, 4) is 5.75 Å². The molecule has 0 saturated heterocycles. The molecule has 3 nitrogen and oxygen atoms in total. The van der Waals surface area contributed by atoms with Crippen LogP contribution in [0.25, 0.3) is 0 Å². The molecule has 2 aromatic carbocycles. The number of para-hydroxylation sites is 1. The van der Waals surface area contributed by atoms with Crippen LogP contribution in [-0.4, -0.2) is 17.8 Å². The van der Waals surface area contributed by atoms with Crippen LogP contribution in [0, 0.1) is 0 Å². The van der Waals surface area contributed by atoms with Crippen LogP contribution in [0.5, 0.6) is 5.75 Å². The monoisotopic (exact) mass is 283 g/mol. The highest BCUT2D eigenvalue weighted by atomic mass is 16.5. The Kier molecular flexibility index (Phi) is 4.23. The normalized spacial score (nSPS) is 18.7. The molecule has 2 atom stereocenters. The van der Waals surface area contributed by atoms with Gasteiger partial charge in [0.25, 0.3) is 0 Å². The van der Waals surface area contributed by atoms with Crippen LogP contribution in [0.3, 0.4) is 0 Å². The zero-order chi connectivity index (χ0) is 14.7. The molecular weight excluding hydrogens is 262 g/mol. The average Bonchev–Trinajstić information content (AvgIpc) is 2.54. The Morgan fingerprint density at radius 3 is 2.95 bits per heavy atom. The van der Waals surface area contributed by atoms with Crippen LogP contribution in [0.15, 0.2) is 48.5 Å². The van der Waals surface area contributed by atoms with Crippen molar-refractivity contribution < 1.29 is 9.84 Å². The second kappa shape index (κ2) is 6.29. The van der Waals surface area contributed by atoms with Gasteiger partial charge < -0.3 is 15.2 Å². The van der Waals surface area contributed by atoms with Gasteiger partial charge in [-0.3, -0.25) is 0 Å². The second-order valence-electron chi connectivity index (χ2n) is 5.61. The third kappa shape index (κ3) is 3.26. The number of hydrogen-bond donors (Lipinski definition) is 2. The van der Waals surface area contributed by atoms with Crippen LogP contribution in [0.2, 0.25) is 0 Å². The number of rotatable bonds is 4. The van der Waals surface area contributed by atoms with Crippen LogP contribution < -0.4 is 10.1 Å². The van der Waals surface area contributed by atoms with Gasteiger partial charge in [-0.1, -0.05) is 42.5 Å². The molecule has 2 aromatic rings. The lowest BCUT2D eigenvalue weighted by Crippen LogP contribution is -2.40. The lowest BCUT2D eigenvalue weighted by molar-refractivity contribution is 0.229. The lowest BCUT2D eigenvalue weighted by Gasteiger charge is -2.29. The van der Waals surface area contributed by atoms with Crippen LogP contribution >= 0.6 is 0 Å². The van der Waals surface area contributed by atoms with Gasteiger partial charge in [-0.05, 0) is 36.1 Å². The van der Waals surface area contributed by atoms with Crippen molar-refractivity contribution in [3.63, 3.8) is 0 Å². The molecule has 0 amide bonds. The molecule has 1 aliphatic heterocycles. The van der Waals surface area contributed by atoms with E-state index in [4.69, 9.17) is 4.74 Å². The molecule has 1 heterocycles. The number of benzene rings is 2. The van der Waals surface area contributed by atoms with Crippen molar-refractivity contribution in [2.75, 3.05) is 6.61 Å². The van der Waals surface area contributed by atoms with Crippen molar-refractivity contribution in [3.05, 3.63) is 65.2 Å². The van der Waals surface area contributed by atoms with E-state index in [0.29, 0.717) is 12.6 Å². The minimum absolute atomic E-state index is 0.0838. The van der Waals surface area contributed by atoms with Crippen molar-refractivity contribution in [2.45, 2.75) is 32.0 Å². The SMILES string of the molecule is C[C@H](N[C@@H]1COc2ccccc2C1)c1cccc(CO)c1. The van der Waals surface area contributed by atoms with E-state index < -0.39 is 0 Å². The maximum atomic E-state index is 9.23. The third-order valence-corrected chi connectivity index (χ3v) is 4.00. The number of ether oxygens (including phenoxy) is 1. The van der Waals surface area contributed by atoms with Crippen LogP contribution in [0.4, 0.5) is 0 Å². The summed E-state index contributed by atoms with van der Waals surface area (Å²) in [5.41, 5.74) is 3.41. The van der Waals surface area contributed by atoms with E-state index in [1.54, 1.807) is 0 Å². The van der Waals surface area contributed by atoms with E-state index in [1.165, 1.54) is 11.1 Å². The van der Waals surface area contributed by atoms with Crippen LogP contribution in [-0.2, 0) is 13.0 Å². The molecule has 0 unspecified atom stereocenters. The van der Waals surface area contributed by atoms with Gasteiger partial charge in [0.2, 0.25) is 0 Å². The van der Waals surface area contributed by atoms with E-state index in [1.807, 2.05) is 24.3 Å². The summed E-state index contributed by atoms with van der Waals surface area (Å²) in [6.45, 7) is 2.93. The summed E-state index contributed by atoms with van der Waals surface area (Å²) in [7, 11) is 0. The number of aliphatic hydroxyl groups excluding tert-OH is 1. The number of fused-ring (bicyclic) bond motifs is 1. The van der Waals surface area contributed by atoms with Gasteiger partial charge in [-0.25, -0.2) is 0 Å². The molecule has 0 aliphatic carbocycles. The van der Waals surface area contributed by atoms with Gasteiger partial charge >= 0.3 is 0 Å². The topological polar surface area (TPSA) is 41.5 Å². The average molecular weight is 283 g/mol. The quantitative estimate of drug-likeness (QED) is 0.906. The predicted molar refractivity (Wildman–Crippen MR) is 83.3 cm³/mol. The zero-order valence-electron chi connectivity index (χ0n) is 12.3. The Morgan fingerprint density at radius 2 is 2.10 bits per heavy atom. The Hall–Kier alpha value is -1.84. The molecule has 0 fully saturated rings. The molecule has 3 heteroatoms. The fourth-order valence-corrected chi connectivity index (χ4v) is 2.85. The predicted octanol–water partition coefficient (Wildman–Crippen LogP) is 2.83. The maximum Gasteiger partial charge on any atom is 0.122 e. The van der Waals surface area contributed by atoms with Crippen molar-refractivity contribution in [1.29, 1.82) is 0 Å². The Bertz CT molecular complexity index is 612. The zero-order valence-corrected chi connectivity index (χ0v) is 12.3. The summed E-state index contributed by atoms with van der Waals surface area (Å²) in [5.74, 6) is 1.01. The molecule has 0 saturated carbocycles. The number of hydrogen-bond acceptors (Lipinski definition) is 3. The Balaban J connectivity index is 1.67. The molecule has 0 aromatic heterocycles. The summed E-state index contributed by atoms with van der Waals surface area (Å²) >= 11 is 0. The molecule has 0 spiro atoms. The van der Waals surface area contributed by atoms with E-state index in [9.17, 15) is 5.11 Å². The molecular formula is C18H21NO2. The highest BCUT2D eigenvalue weighted by Gasteiger charge is 2.21. The third-order valence-electron chi connectivity index (χ3n) is 4.00. The summed E-state index contributed by atoms with van der Waals surface area (Å²) in [6.07, 6.45) is 0.986. The minimum Gasteiger partial charge on any atom is -0.492 e. The summed E-state index contributed by atoms with van der Waals surface area (Å²) in [5, 5.41) is 12.9. The van der Waals surface area contributed by atoms with E-state index in [2.05, 4.69) is 36.5 Å². The van der Waals surface area contributed by atoms with Gasteiger partial charge in [0.15, 0.2) is 0 Å². The molecule has 2 N–H and O–H groups in total. The second-order valence-corrected chi connectivity index (χ2v) is 5.61. The summed E-state index contributed by atoms with van der Waals surface area (Å²) < 4.78 is 5.82. The van der Waals surface area contributed by atoms with Gasteiger partial charge in [0.1, 0.15) is 12.4 Å². The number of nitrogens with one attached hydrogen (secondary N) is 1.